The van der Waals surface area contributed by atoms with Crippen molar-refractivity contribution in [3.63, 3.8) is 0 Å². The quantitative estimate of drug-likeness (QED) is 0.522. The Morgan fingerprint density at radius 1 is 1.23 bits per heavy atom. The van der Waals surface area contributed by atoms with Crippen LogP contribution in [0.15, 0.2) is 53.3 Å². The summed E-state index contributed by atoms with van der Waals surface area (Å²) < 4.78 is 11.4. The first kappa shape index (κ1) is 19.1. The van der Waals surface area contributed by atoms with E-state index in [-0.39, 0.29) is 18.3 Å². The number of imidazole rings is 1. The van der Waals surface area contributed by atoms with Crippen LogP contribution in [0.25, 0.3) is 17.0 Å². The molecule has 4 aromatic rings. The molecule has 0 saturated carbocycles. The zero-order chi connectivity index (χ0) is 21.1. The van der Waals surface area contributed by atoms with Gasteiger partial charge in [-0.3, -0.25) is 9.20 Å². The van der Waals surface area contributed by atoms with Gasteiger partial charge in [-0.25, -0.2) is 9.78 Å². The highest BCUT2D eigenvalue weighted by molar-refractivity contribution is 6.04. The first-order chi connectivity index (χ1) is 14.5. The molecule has 0 aliphatic carbocycles. The third-order valence-corrected chi connectivity index (χ3v) is 4.43. The van der Waals surface area contributed by atoms with Crippen LogP contribution in [0, 0.1) is 6.92 Å². The number of fused-ring (bicyclic) bond motifs is 1. The fraction of sp³-hybridized carbons (Fsp3) is 0.150. The number of carbonyl (C=O) groups is 2. The van der Waals surface area contributed by atoms with Gasteiger partial charge < -0.3 is 19.9 Å². The van der Waals surface area contributed by atoms with Crippen LogP contribution in [0.1, 0.15) is 21.9 Å². The van der Waals surface area contributed by atoms with Crippen molar-refractivity contribution in [2.75, 3.05) is 12.4 Å². The Kier molecular flexibility index (Phi) is 5.12. The second-order valence-electron chi connectivity index (χ2n) is 6.41. The lowest BCUT2D eigenvalue weighted by atomic mass is 10.1. The fourth-order valence-electron chi connectivity index (χ4n) is 2.85. The predicted molar refractivity (Wildman–Crippen MR) is 107 cm³/mol. The van der Waals surface area contributed by atoms with E-state index in [1.165, 1.54) is 13.3 Å². The number of nitrogens with zero attached hydrogens (tertiary/aromatic N) is 4. The monoisotopic (exact) mass is 406 g/mol. The second-order valence-corrected chi connectivity index (χ2v) is 6.41. The average molecular weight is 406 g/mol. The van der Waals surface area contributed by atoms with Crippen LogP contribution >= 0.6 is 0 Å². The van der Waals surface area contributed by atoms with E-state index < -0.39 is 6.09 Å². The minimum absolute atomic E-state index is 0.0451. The maximum Gasteiger partial charge on any atom is 0.407 e. The SMILES string of the molecule is COC(=O)NCc1nc(-c2ccc(C)c(NC(=O)c3cnc4ccccn34)c2)no1. The van der Waals surface area contributed by atoms with Crippen molar-refractivity contribution in [3.05, 3.63) is 65.9 Å². The number of benzene rings is 1. The van der Waals surface area contributed by atoms with E-state index in [4.69, 9.17) is 4.52 Å². The number of pyridine rings is 1. The molecule has 0 fully saturated rings. The van der Waals surface area contributed by atoms with Crippen LogP contribution < -0.4 is 10.6 Å². The lowest BCUT2D eigenvalue weighted by Gasteiger charge is -2.09. The lowest BCUT2D eigenvalue weighted by molar-refractivity contribution is 0.102. The number of rotatable bonds is 5. The van der Waals surface area contributed by atoms with Gasteiger partial charge in [0.1, 0.15) is 17.9 Å². The highest BCUT2D eigenvalue weighted by atomic mass is 16.5. The van der Waals surface area contributed by atoms with E-state index in [2.05, 4.69) is 30.5 Å². The standard InChI is InChI=1S/C20H18N6O4/c1-12-6-7-13(18-24-17(30-25-18)11-22-20(28)29-2)9-14(12)23-19(27)15-10-21-16-5-3-4-8-26(15)16/h3-10H,11H2,1-2H3,(H,22,28)(H,23,27). The van der Waals surface area contributed by atoms with E-state index >= 15 is 0 Å². The molecule has 0 aliphatic rings. The second kappa shape index (κ2) is 8.03. The fourth-order valence-corrected chi connectivity index (χ4v) is 2.85. The molecule has 10 nitrogen and oxygen atoms in total. The molecular formula is C20H18N6O4. The van der Waals surface area contributed by atoms with Gasteiger partial charge in [-0.2, -0.15) is 4.98 Å². The zero-order valence-corrected chi connectivity index (χ0v) is 16.2. The van der Waals surface area contributed by atoms with Crippen molar-refractivity contribution in [2.45, 2.75) is 13.5 Å². The van der Waals surface area contributed by atoms with Crippen molar-refractivity contribution < 1.29 is 18.8 Å². The molecule has 0 saturated heterocycles. The highest BCUT2D eigenvalue weighted by Gasteiger charge is 2.15. The number of aryl methyl sites for hydroxylation is 1. The molecule has 0 spiro atoms. The summed E-state index contributed by atoms with van der Waals surface area (Å²) in [5.41, 5.74) is 3.25. The number of aromatic nitrogens is 4. The van der Waals surface area contributed by atoms with E-state index in [9.17, 15) is 9.59 Å². The molecule has 0 bridgehead atoms. The molecule has 2 N–H and O–H groups in total. The molecule has 0 unspecified atom stereocenters. The van der Waals surface area contributed by atoms with Gasteiger partial charge in [0.2, 0.25) is 11.7 Å². The van der Waals surface area contributed by atoms with Crippen molar-refractivity contribution in [1.82, 2.24) is 24.8 Å². The Balaban J connectivity index is 1.54. The lowest BCUT2D eigenvalue weighted by Crippen LogP contribution is -2.22. The van der Waals surface area contributed by atoms with Crippen molar-refractivity contribution >= 4 is 23.3 Å². The Hall–Kier alpha value is -4.21. The van der Waals surface area contributed by atoms with Gasteiger partial charge in [0.25, 0.3) is 5.91 Å². The third-order valence-electron chi connectivity index (χ3n) is 4.43. The molecule has 3 heterocycles. The summed E-state index contributed by atoms with van der Waals surface area (Å²) in [5, 5.41) is 9.30. The van der Waals surface area contributed by atoms with Gasteiger partial charge in [-0.05, 0) is 30.7 Å². The van der Waals surface area contributed by atoms with E-state index in [0.717, 1.165) is 5.56 Å². The molecule has 1 aromatic carbocycles. The Morgan fingerprint density at radius 2 is 2.10 bits per heavy atom. The number of hydrogen-bond acceptors (Lipinski definition) is 7. The molecule has 0 radical (unpaired) electrons. The number of methoxy groups -OCH3 is 1. The maximum atomic E-state index is 12.8. The largest absolute Gasteiger partial charge is 0.453 e. The number of anilines is 1. The average Bonchev–Trinajstić information content (AvgIpc) is 3.40. The zero-order valence-electron chi connectivity index (χ0n) is 16.2. The van der Waals surface area contributed by atoms with Gasteiger partial charge in [-0.1, -0.05) is 23.4 Å². The van der Waals surface area contributed by atoms with Gasteiger partial charge in [-0.15, -0.1) is 0 Å². The van der Waals surface area contributed by atoms with Crippen LogP contribution in [0.3, 0.4) is 0 Å². The smallest absolute Gasteiger partial charge is 0.407 e. The Labute approximate surface area is 170 Å². The number of hydrogen-bond donors (Lipinski definition) is 2. The van der Waals surface area contributed by atoms with Crippen molar-refractivity contribution in [3.8, 4) is 11.4 Å². The minimum atomic E-state index is -0.595. The number of ether oxygens (including phenoxy) is 1. The number of amides is 2. The first-order valence-electron chi connectivity index (χ1n) is 9.04. The molecule has 30 heavy (non-hydrogen) atoms. The van der Waals surface area contributed by atoms with E-state index in [1.807, 2.05) is 37.3 Å². The molecule has 152 valence electrons. The summed E-state index contributed by atoms with van der Waals surface area (Å²) in [5.74, 6) is 0.277. The van der Waals surface area contributed by atoms with Crippen molar-refractivity contribution in [1.29, 1.82) is 0 Å². The molecule has 4 rings (SSSR count). The summed E-state index contributed by atoms with van der Waals surface area (Å²) in [6.07, 6.45) is 2.72. The van der Waals surface area contributed by atoms with Crippen LogP contribution in [-0.2, 0) is 11.3 Å². The Morgan fingerprint density at radius 3 is 2.93 bits per heavy atom. The molecule has 10 heteroatoms. The molecule has 0 atom stereocenters. The van der Waals surface area contributed by atoms with Crippen molar-refractivity contribution in [2.24, 2.45) is 0 Å². The first-order valence-corrected chi connectivity index (χ1v) is 9.04. The van der Waals surface area contributed by atoms with Crippen LogP contribution in [0.4, 0.5) is 10.5 Å². The summed E-state index contributed by atoms with van der Waals surface area (Å²) >= 11 is 0. The van der Waals surface area contributed by atoms with Gasteiger partial charge in [0, 0.05) is 17.4 Å². The normalized spacial score (nSPS) is 10.7. The third kappa shape index (κ3) is 3.83. The molecular weight excluding hydrogens is 388 g/mol. The molecule has 0 aliphatic heterocycles. The predicted octanol–water partition coefficient (Wildman–Crippen LogP) is 2.80. The van der Waals surface area contributed by atoms with Gasteiger partial charge >= 0.3 is 6.09 Å². The van der Waals surface area contributed by atoms with E-state index in [1.54, 1.807) is 16.7 Å². The van der Waals surface area contributed by atoms with Crippen LogP contribution in [0.5, 0.6) is 0 Å². The van der Waals surface area contributed by atoms with Crippen LogP contribution in [-0.4, -0.2) is 38.6 Å². The minimum Gasteiger partial charge on any atom is -0.453 e. The Bertz CT molecular complexity index is 1230. The number of carbonyl (C=O) groups excluding carboxylic acids is 2. The topological polar surface area (TPSA) is 124 Å². The summed E-state index contributed by atoms with van der Waals surface area (Å²) in [7, 11) is 1.27. The number of alkyl carbamates (subject to hydrolysis) is 1. The maximum absolute atomic E-state index is 12.8. The summed E-state index contributed by atoms with van der Waals surface area (Å²) in [6, 6.07) is 11.0. The number of nitrogens with one attached hydrogen (secondary N) is 2. The van der Waals surface area contributed by atoms with Gasteiger partial charge in [0.15, 0.2) is 0 Å². The highest BCUT2D eigenvalue weighted by Crippen LogP contribution is 2.24. The van der Waals surface area contributed by atoms with E-state index in [0.29, 0.717) is 28.4 Å². The van der Waals surface area contributed by atoms with Gasteiger partial charge in [0.05, 0.1) is 13.3 Å². The molecule has 3 aromatic heterocycles. The molecule has 2 amide bonds. The summed E-state index contributed by atoms with van der Waals surface area (Å²) in [4.78, 5) is 32.4. The van der Waals surface area contributed by atoms with Crippen LogP contribution in [0.2, 0.25) is 0 Å². The summed E-state index contributed by atoms with van der Waals surface area (Å²) in [6.45, 7) is 1.93.